The van der Waals surface area contributed by atoms with Crippen molar-refractivity contribution in [2.24, 2.45) is 5.92 Å². The predicted octanol–water partition coefficient (Wildman–Crippen LogP) is 1.89. The van der Waals surface area contributed by atoms with Crippen molar-refractivity contribution in [3.63, 3.8) is 0 Å². The topological polar surface area (TPSA) is 58.4 Å². The monoisotopic (exact) mass is 263 g/mol. The first kappa shape index (κ1) is 15.5. The average molecular weight is 263 g/mol. The zero-order chi connectivity index (χ0) is 14.6. The molecule has 1 rings (SSSR count). The van der Waals surface area contributed by atoms with Crippen molar-refractivity contribution >= 4 is 11.6 Å². The highest BCUT2D eigenvalue weighted by Crippen LogP contribution is 2.13. The number of nitrogens with one attached hydrogen (secondary N) is 1. The Morgan fingerprint density at radius 2 is 2.00 bits per heavy atom. The Morgan fingerprint density at radius 1 is 1.37 bits per heavy atom. The SMILES string of the molecule is Cc1cc(N)ccc1C(=O)NC(CN(C)C)C(C)C. The second kappa shape index (κ2) is 6.57. The molecule has 0 radical (unpaired) electrons. The first-order valence-electron chi connectivity index (χ1n) is 6.63. The summed E-state index contributed by atoms with van der Waals surface area (Å²) in [5.74, 6) is 0.360. The number of hydrogen-bond donors (Lipinski definition) is 2. The van der Waals surface area contributed by atoms with Crippen molar-refractivity contribution < 1.29 is 4.79 Å². The van der Waals surface area contributed by atoms with Crippen LogP contribution in [0, 0.1) is 12.8 Å². The molecule has 0 bridgehead atoms. The number of carbonyl (C=O) groups excluding carboxylic acids is 1. The van der Waals surface area contributed by atoms with Gasteiger partial charge < -0.3 is 16.0 Å². The van der Waals surface area contributed by atoms with E-state index >= 15 is 0 Å². The standard InChI is InChI=1S/C15H25N3O/c1-10(2)14(9-18(4)5)17-15(19)13-7-6-12(16)8-11(13)3/h6-8,10,14H,9,16H2,1-5H3,(H,17,19). The van der Waals surface area contributed by atoms with Gasteiger partial charge in [0, 0.05) is 23.8 Å². The fourth-order valence-electron chi connectivity index (χ4n) is 2.00. The quantitative estimate of drug-likeness (QED) is 0.798. The molecule has 0 fully saturated rings. The summed E-state index contributed by atoms with van der Waals surface area (Å²) in [6, 6.07) is 5.51. The van der Waals surface area contributed by atoms with Crippen LogP contribution in [0.4, 0.5) is 5.69 Å². The highest BCUT2D eigenvalue weighted by atomic mass is 16.1. The van der Waals surface area contributed by atoms with Crippen molar-refractivity contribution in [3.05, 3.63) is 29.3 Å². The second-order valence-corrected chi connectivity index (χ2v) is 5.66. The molecule has 0 spiro atoms. The molecule has 1 aromatic rings. The number of hydrogen-bond acceptors (Lipinski definition) is 3. The average Bonchev–Trinajstić information content (AvgIpc) is 2.26. The van der Waals surface area contributed by atoms with Crippen molar-refractivity contribution in [1.29, 1.82) is 0 Å². The number of aryl methyl sites for hydroxylation is 1. The summed E-state index contributed by atoms with van der Waals surface area (Å²) >= 11 is 0. The Morgan fingerprint density at radius 3 is 2.47 bits per heavy atom. The molecule has 1 aromatic carbocycles. The highest BCUT2D eigenvalue weighted by Gasteiger charge is 2.18. The molecule has 1 atom stereocenters. The zero-order valence-electron chi connectivity index (χ0n) is 12.5. The van der Waals surface area contributed by atoms with Crippen LogP contribution in [0.3, 0.4) is 0 Å². The Bertz CT molecular complexity index is 441. The van der Waals surface area contributed by atoms with E-state index in [-0.39, 0.29) is 11.9 Å². The number of nitrogen functional groups attached to an aromatic ring is 1. The molecule has 4 heteroatoms. The molecule has 1 amide bonds. The summed E-state index contributed by atoms with van der Waals surface area (Å²) in [5, 5.41) is 3.10. The van der Waals surface area contributed by atoms with Crippen molar-refractivity contribution in [3.8, 4) is 0 Å². The van der Waals surface area contributed by atoms with Gasteiger partial charge in [0.2, 0.25) is 0 Å². The first-order chi connectivity index (χ1) is 8.81. The zero-order valence-corrected chi connectivity index (χ0v) is 12.5. The molecule has 0 saturated heterocycles. The maximum absolute atomic E-state index is 12.3. The number of benzene rings is 1. The number of rotatable bonds is 5. The van der Waals surface area contributed by atoms with E-state index in [1.807, 2.05) is 27.1 Å². The van der Waals surface area contributed by atoms with Gasteiger partial charge >= 0.3 is 0 Å². The molecule has 0 aliphatic carbocycles. The number of carbonyl (C=O) groups is 1. The second-order valence-electron chi connectivity index (χ2n) is 5.66. The van der Waals surface area contributed by atoms with Gasteiger partial charge in [-0.15, -0.1) is 0 Å². The smallest absolute Gasteiger partial charge is 0.251 e. The fourth-order valence-corrected chi connectivity index (χ4v) is 2.00. The molecule has 0 aromatic heterocycles. The summed E-state index contributed by atoms with van der Waals surface area (Å²) < 4.78 is 0. The summed E-state index contributed by atoms with van der Waals surface area (Å²) in [4.78, 5) is 14.4. The maximum Gasteiger partial charge on any atom is 0.251 e. The number of likely N-dealkylation sites (N-methyl/N-ethyl adjacent to an activating group) is 1. The summed E-state index contributed by atoms with van der Waals surface area (Å²) in [5.41, 5.74) is 7.99. The van der Waals surface area contributed by atoms with Gasteiger partial charge in [0.05, 0.1) is 0 Å². The lowest BCUT2D eigenvalue weighted by Gasteiger charge is -2.26. The minimum Gasteiger partial charge on any atom is -0.399 e. The number of anilines is 1. The van der Waals surface area contributed by atoms with Gasteiger partial charge in [-0.1, -0.05) is 13.8 Å². The molecular formula is C15H25N3O. The van der Waals surface area contributed by atoms with Crippen LogP contribution in [0.25, 0.3) is 0 Å². The van der Waals surface area contributed by atoms with Gasteiger partial charge in [-0.05, 0) is 50.7 Å². The number of nitrogens with two attached hydrogens (primary N) is 1. The van der Waals surface area contributed by atoms with Crippen LogP contribution < -0.4 is 11.1 Å². The van der Waals surface area contributed by atoms with Gasteiger partial charge in [0.25, 0.3) is 5.91 Å². The van der Waals surface area contributed by atoms with E-state index in [2.05, 4.69) is 24.1 Å². The van der Waals surface area contributed by atoms with Gasteiger partial charge in [0.15, 0.2) is 0 Å². The Balaban J connectivity index is 2.81. The molecule has 0 saturated carbocycles. The third-order valence-corrected chi connectivity index (χ3v) is 3.18. The third kappa shape index (κ3) is 4.56. The van der Waals surface area contributed by atoms with E-state index in [9.17, 15) is 4.79 Å². The first-order valence-corrected chi connectivity index (χ1v) is 6.63. The molecule has 4 nitrogen and oxygen atoms in total. The molecule has 3 N–H and O–H groups in total. The van der Waals surface area contributed by atoms with Crippen molar-refractivity contribution in [1.82, 2.24) is 10.2 Å². The lowest BCUT2D eigenvalue weighted by atomic mass is 10.0. The van der Waals surface area contributed by atoms with Crippen molar-refractivity contribution in [2.75, 3.05) is 26.4 Å². The lowest BCUT2D eigenvalue weighted by molar-refractivity contribution is 0.0916. The minimum atomic E-state index is -0.0296. The molecular weight excluding hydrogens is 238 g/mol. The van der Waals surface area contributed by atoms with Gasteiger partial charge in [-0.25, -0.2) is 0 Å². The van der Waals surface area contributed by atoms with E-state index in [4.69, 9.17) is 5.73 Å². The molecule has 0 heterocycles. The van der Waals surface area contributed by atoms with Crippen LogP contribution in [0.15, 0.2) is 18.2 Å². The summed E-state index contributed by atoms with van der Waals surface area (Å²) in [6.45, 7) is 6.97. The maximum atomic E-state index is 12.3. The predicted molar refractivity (Wildman–Crippen MR) is 80.2 cm³/mol. The van der Waals surface area contributed by atoms with Gasteiger partial charge in [-0.2, -0.15) is 0 Å². The normalized spacial score (nSPS) is 12.8. The summed E-state index contributed by atoms with van der Waals surface area (Å²) in [7, 11) is 4.02. The Labute approximate surface area is 116 Å². The lowest BCUT2D eigenvalue weighted by Crippen LogP contribution is -2.45. The van der Waals surface area contributed by atoms with Crippen LogP contribution in [-0.4, -0.2) is 37.5 Å². The van der Waals surface area contributed by atoms with Gasteiger partial charge in [0.1, 0.15) is 0 Å². The number of nitrogens with zero attached hydrogens (tertiary/aromatic N) is 1. The van der Waals surface area contributed by atoms with Crippen LogP contribution in [0.5, 0.6) is 0 Å². The van der Waals surface area contributed by atoms with E-state index in [0.29, 0.717) is 17.2 Å². The van der Waals surface area contributed by atoms with E-state index in [1.54, 1.807) is 12.1 Å². The van der Waals surface area contributed by atoms with E-state index in [1.165, 1.54) is 0 Å². The minimum absolute atomic E-state index is 0.0296. The molecule has 0 aliphatic rings. The van der Waals surface area contributed by atoms with Crippen molar-refractivity contribution in [2.45, 2.75) is 26.8 Å². The van der Waals surface area contributed by atoms with Crippen LogP contribution in [-0.2, 0) is 0 Å². The third-order valence-electron chi connectivity index (χ3n) is 3.18. The largest absolute Gasteiger partial charge is 0.399 e. The van der Waals surface area contributed by atoms with E-state index < -0.39 is 0 Å². The summed E-state index contributed by atoms with van der Waals surface area (Å²) in [6.07, 6.45) is 0. The van der Waals surface area contributed by atoms with Crippen LogP contribution in [0.2, 0.25) is 0 Å². The highest BCUT2D eigenvalue weighted by molar-refractivity contribution is 5.96. The molecule has 106 valence electrons. The Hall–Kier alpha value is -1.55. The van der Waals surface area contributed by atoms with Crippen LogP contribution in [0.1, 0.15) is 29.8 Å². The van der Waals surface area contributed by atoms with Crippen LogP contribution >= 0.6 is 0 Å². The Kier molecular flexibility index (Phi) is 5.36. The molecule has 0 aliphatic heterocycles. The van der Waals surface area contributed by atoms with Gasteiger partial charge in [-0.3, -0.25) is 4.79 Å². The van der Waals surface area contributed by atoms with E-state index in [0.717, 1.165) is 12.1 Å². The molecule has 19 heavy (non-hydrogen) atoms. The molecule has 1 unspecified atom stereocenters. The fraction of sp³-hybridized carbons (Fsp3) is 0.533. The number of amides is 1.